The van der Waals surface area contributed by atoms with Gasteiger partial charge in [-0.1, -0.05) is 37.2 Å². The number of nitrogens with two attached hydrogens (primary N) is 1. The molecule has 3 atom stereocenters. The molecule has 0 saturated carbocycles. The van der Waals surface area contributed by atoms with E-state index < -0.39 is 5.91 Å². The summed E-state index contributed by atoms with van der Waals surface area (Å²) in [7, 11) is 0. The Bertz CT molecular complexity index is 1040. The largest absolute Gasteiger partial charge is 0.363 e. The highest BCUT2D eigenvalue weighted by atomic mass is 16.5. The number of rotatable bonds is 2. The lowest BCUT2D eigenvalue weighted by atomic mass is 9.57. The molecule has 5 rings (SSSR count). The zero-order valence-electron chi connectivity index (χ0n) is 15.5. The van der Waals surface area contributed by atoms with Gasteiger partial charge in [0.1, 0.15) is 5.76 Å². The second-order valence-corrected chi connectivity index (χ2v) is 8.01. The van der Waals surface area contributed by atoms with Crippen molar-refractivity contribution in [1.82, 2.24) is 14.7 Å². The standard InChI is InChI=1S/C21H22N4O2/c1-12-15-8-9-16-18(21(15,2)10-13-11-23-27-17(12)13)24-20(19(22)26)25(16)14-6-4-3-5-7-14/h3-7,11-12,15H,8-10H2,1-2H3,(H2,22,26)/t12-,15-,21-/m0/s1. The van der Waals surface area contributed by atoms with Crippen molar-refractivity contribution in [2.24, 2.45) is 11.7 Å². The van der Waals surface area contributed by atoms with Crippen LogP contribution in [-0.2, 0) is 18.3 Å². The summed E-state index contributed by atoms with van der Waals surface area (Å²) < 4.78 is 7.49. The molecule has 1 amide bonds. The van der Waals surface area contributed by atoms with Crippen molar-refractivity contribution >= 4 is 5.91 Å². The molecule has 6 nitrogen and oxygen atoms in total. The summed E-state index contributed by atoms with van der Waals surface area (Å²) in [6.07, 6.45) is 4.52. The first-order valence-electron chi connectivity index (χ1n) is 9.41. The van der Waals surface area contributed by atoms with Gasteiger partial charge in [-0.3, -0.25) is 9.36 Å². The van der Waals surface area contributed by atoms with Gasteiger partial charge in [0.15, 0.2) is 0 Å². The Labute approximate surface area is 157 Å². The molecule has 0 bridgehead atoms. The Morgan fingerprint density at radius 3 is 2.85 bits per heavy atom. The molecule has 0 saturated heterocycles. The summed E-state index contributed by atoms with van der Waals surface area (Å²) in [5.41, 5.74) is 9.71. The number of nitrogens with zero attached hydrogens (tertiary/aromatic N) is 3. The van der Waals surface area contributed by atoms with Gasteiger partial charge in [-0.25, -0.2) is 4.98 Å². The molecule has 0 unspecified atom stereocenters. The summed E-state index contributed by atoms with van der Waals surface area (Å²) in [4.78, 5) is 17.0. The van der Waals surface area contributed by atoms with Crippen molar-refractivity contribution in [2.75, 3.05) is 0 Å². The van der Waals surface area contributed by atoms with E-state index in [2.05, 4.69) is 19.0 Å². The molecule has 138 valence electrons. The van der Waals surface area contributed by atoms with E-state index in [1.165, 1.54) is 0 Å². The summed E-state index contributed by atoms with van der Waals surface area (Å²) >= 11 is 0. The van der Waals surface area contributed by atoms with E-state index in [1.807, 2.05) is 41.1 Å². The number of imidazole rings is 1. The SMILES string of the molecule is C[C@@H]1c2oncc2C[C@]2(C)c3nc(C(N)=O)n(-c4ccccc4)c3CC[C@@H]12. The number of hydrogen-bond donors (Lipinski definition) is 1. The number of hydrogen-bond acceptors (Lipinski definition) is 4. The highest BCUT2D eigenvalue weighted by molar-refractivity contribution is 5.90. The van der Waals surface area contributed by atoms with Crippen LogP contribution in [0.4, 0.5) is 0 Å². The molecule has 1 aromatic carbocycles. The Kier molecular flexibility index (Phi) is 3.35. The molecule has 2 heterocycles. The molecule has 0 radical (unpaired) electrons. The number of para-hydroxylation sites is 1. The second kappa shape index (κ2) is 5.55. The quantitative estimate of drug-likeness (QED) is 0.759. The van der Waals surface area contributed by atoms with Gasteiger partial charge in [0.05, 0.1) is 11.9 Å². The van der Waals surface area contributed by atoms with Crippen LogP contribution < -0.4 is 5.73 Å². The molecular formula is C21H22N4O2. The van der Waals surface area contributed by atoms with Crippen LogP contribution in [-0.4, -0.2) is 20.6 Å². The number of carbonyl (C=O) groups excluding carboxylic acids is 1. The van der Waals surface area contributed by atoms with Crippen LogP contribution in [0.25, 0.3) is 5.69 Å². The highest BCUT2D eigenvalue weighted by Crippen LogP contribution is 2.53. The van der Waals surface area contributed by atoms with Crippen LogP contribution in [0.5, 0.6) is 0 Å². The van der Waals surface area contributed by atoms with E-state index >= 15 is 0 Å². The average molecular weight is 362 g/mol. The average Bonchev–Trinajstić information content (AvgIpc) is 3.27. The van der Waals surface area contributed by atoms with E-state index in [9.17, 15) is 4.79 Å². The lowest BCUT2D eigenvalue weighted by Gasteiger charge is -2.46. The summed E-state index contributed by atoms with van der Waals surface area (Å²) in [6, 6.07) is 9.87. The molecule has 0 aliphatic heterocycles. The molecule has 3 aromatic rings. The summed E-state index contributed by atoms with van der Waals surface area (Å²) in [5.74, 6) is 1.48. The third-order valence-corrected chi connectivity index (χ3v) is 6.51. The van der Waals surface area contributed by atoms with Gasteiger partial charge in [0.25, 0.3) is 5.91 Å². The number of fused-ring (bicyclic) bond motifs is 4. The Morgan fingerprint density at radius 2 is 2.11 bits per heavy atom. The molecule has 27 heavy (non-hydrogen) atoms. The van der Waals surface area contributed by atoms with Gasteiger partial charge in [-0.05, 0) is 37.3 Å². The third kappa shape index (κ3) is 2.16. The van der Waals surface area contributed by atoms with Crippen molar-refractivity contribution < 1.29 is 9.32 Å². The van der Waals surface area contributed by atoms with Gasteiger partial charge in [0, 0.05) is 28.3 Å². The minimum atomic E-state index is -0.497. The van der Waals surface area contributed by atoms with Gasteiger partial charge in [0.2, 0.25) is 5.82 Å². The fourth-order valence-corrected chi connectivity index (χ4v) is 5.32. The maximum Gasteiger partial charge on any atom is 0.285 e. The Morgan fingerprint density at radius 1 is 1.33 bits per heavy atom. The van der Waals surface area contributed by atoms with Gasteiger partial charge in [-0.2, -0.15) is 0 Å². The Balaban J connectivity index is 1.73. The molecule has 2 aliphatic carbocycles. The van der Waals surface area contributed by atoms with Crippen LogP contribution in [0.1, 0.15) is 59.5 Å². The predicted octanol–water partition coefficient (Wildman–Crippen LogP) is 3.14. The minimum absolute atomic E-state index is 0.171. The normalized spacial score (nSPS) is 26.1. The second-order valence-electron chi connectivity index (χ2n) is 8.01. The van der Waals surface area contributed by atoms with Crippen molar-refractivity contribution in [3.63, 3.8) is 0 Å². The molecule has 2 aromatic heterocycles. The van der Waals surface area contributed by atoms with Crippen LogP contribution >= 0.6 is 0 Å². The molecule has 2 aliphatic rings. The van der Waals surface area contributed by atoms with Gasteiger partial charge >= 0.3 is 0 Å². The fourth-order valence-electron chi connectivity index (χ4n) is 5.32. The third-order valence-electron chi connectivity index (χ3n) is 6.51. The first-order valence-corrected chi connectivity index (χ1v) is 9.41. The number of primary amides is 1. The monoisotopic (exact) mass is 362 g/mol. The van der Waals surface area contributed by atoms with E-state index in [0.717, 1.165) is 47.7 Å². The maximum atomic E-state index is 12.2. The lowest BCUT2D eigenvalue weighted by molar-refractivity contribution is 0.0988. The molecule has 6 heteroatoms. The first kappa shape index (κ1) is 16.3. The van der Waals surface area contributed by atoms with E-state index in [0.29, 0.717) is 11.7 Å². The van der Waals surface area contributed by atoms with Crippen LogP contribution in [0.3, 0.4) is 0 Å². The molecule has 0 spiro atoms. The number of amides is 1. The molecular weight excluding hydrogens is 340 g/mol. The van der Waals surface area contributed by atoms with Crippen LogP contribution in [0.2, 0.25) is 0 Å². The van der Waals surface area contributed by atoms with Crippen LogP contribution in [0, 0.1) is 5.92 Å². The summed E-state index contributed by atoms with van der Waals surface area (Å²) in [6.45, 7) is 4.47. The Hall–Kier alpha value is -2.89. The fraction of sp³-hybridized carbons (Fsp3) is 0.381. The lowest BCUT2D eigenvalue weighted by Crippen LogP contribution is -2.44. The predicted molar refractivity (Wildman–Crippen MR) is 99.9 cm³/mol. The van der Waals surface area contributed by atoms with Gasteiger partial charge in [-0.15, -0.1) is 0 Å². The number of carbonyl (C=O) groups is 1. The molecule has 0 fully saturated rings. The first-order chi connectivity index (χ1) is 13.0. The van der Waals surface area contributed by atoms with Gasteiger partial charge < -0.3 is 10.3 Å². The maximum absolute atomic E-state index is 12.2. The number of benzene rings is 1. The van der Waals surface area contributed by atoms with Crippen molar-refractivity contribution in [3.8, 4) is 5.69 Å². The van der Waals surface area contributed by atoms with Crippen molar-refractivity contribution in [2.45, 2.75) is 44.4 Å². The van der Waals surface area contributed by atoms with E-state index in [-0.39, 0.29) is 11.3 Å². The zero-order chi connectivity index (χ0) is 18.8. The van der Waals surface area contributed by atoms with E-state index in [1.54, 1.807) is 0 Å². The molecule has 2 N–H and O–H groups in total. The zero-order valence-corrected chi connectivity index (χ0v) is 15.5. The number of aromatic nitrogens is 3. The van der Waals surface area contributed by atoms with E-state index in [4.69, 9.17) is 15.2 Å². The topological polar surface area (TPSA) is 86.9 Å². The van der Waals surface area contributed by atoms with Crippen molar-refractivity contribution in [1.29, 1.82) is 0 Å². The van der Waals surface area contributed by atoms with Crippen molar-refractivity contribution in [3.05, 3.63) is 65.1 Å². The highest BCUT2D eigenvalue weighted by Gasteiger charge is 2.51. The summed E-state index contributed by atoms with van der Waals surface area (Å²) in [5, 5.41) is 4.02. The smallest absolute Gasteiger partial charge is 0.285 e. The van der Waals surface area contributed by atoms with Crippen LogP contribution in [0.15, 0.2) is 41.1 Å². The minimum Gasteiger partial charge on any atom is -0.363 e.